The molecule has 92 valence electrons. The second-order valence-corrected chi connectivity index (χ2v) is 5.23. The van der Waals surface area contributed by atoms with Crippen molar-refractivity contribution in [1.29, 1.82) is 0 Å². The zero-order valence-corrected chi connectivity index (χ0v) is 10.7. The van der Waals surface area contributed by atoms with Gasteiger partial charge in [-0.25, -0.2) is 0 Å². The Bertz CT molecular complexity index is 444. The SMILES string of the molecule is O=C(NCC1(O)CCC1)c1cc(Cl)ccc1Cl. The summed E-state index contributed by atoms with van der Waals surface area (Å²) in [6.07, 6.45) is 2.47. The van der Waals surface area contributed by atoms with E-state index < -0.39 is 5.60 Å². The molecule has 1 amide bonds. The first kappa shape index (κ1) is 12.7. The summed E-state index contributed by atoms with van der Waals surface area (Å²) in [4.78, 5) is 11.8. The summed E-state index contributed by atoms with van der Waals surface area (Å²) in [5.41, 5.74) is -0.400. The van der Waals surface area contributed by atoms with Crippen molar-refractivity contribution in [3.63, 3.8) is 0 Å². The van der Waals surface area contributed by atoms with E-state index >= 15 is 0 Å². The van der Waals surface area contributed by atoms with Gasteiger partial charge in [-0.05, 0) is 37.5 Å². The van der Waals surface area contributed by atoms with Gasteiger partial charge in [-0.15, -0.1) is 0 Å². The fraction of sp³-hybridized carbons (Fsp3) is 0.417. The molecule has 5 heteroatoms. The van der Waals surface area contributed by atoms with Crippen LogP contribution in [0.1, 0.15) is 29.6 Å². The highest BCUT2D eigenvalue weighted by atomic mass is 35.5. The summed E-state index contributed by atoms with van der Waals surface area (Å²) in [6.45, 7) is 0.259. The molecule has 1 aromatic rings. The number of aliphatic hydroxyl groups is 1. The zero-order valence-electron chi connectivity index (χ0n) is 9.17. The predicted molar refractivity (Wildman–Crippen MR) is 67.6 cm³/mol. The van der Waals surface area contributed by atoms with Gasteiger partial charge in [0.05, 0.1) is 16.2 Å². The van der Waals surface area contributed by atoms with Gasteiger partial charge < -0.3 is 10.4 Å². The Morgan fingerprint density at radius 2 is 2.12 bits per heavy atom. The Labute approximate surface area is 110 Å². The molecule has 2 N–H and O–H groups in total. The lowest BCUT2D eigenvalue weighted by atomic mass is 9.80. The first-order chi connectivity index (χ1) is 8.00. The second kappa shape index (κ2) is 4.84. The maximum absolute atomic E-state index is 11.8. The molecular formula is C12H13Cl2NO2. The molecule has 0 unspecified atom stereocenters. The van der Waals surface area contributed by atoms with Crippen molar-refractivity contribution in [2.75, 3.05) is 6.54 Å². The van der Waals surface area contributed by atoms with E-state index in [4.69, 9.17) is 23.2 Å². The molecule has 0 bridgehead atoms. The predicted octanol–water partition coefficient (Wildman–Crippen LogP) is 2.64. The molecule has 0 saturated heterocycles. The monoisotopic (exact) mass is 273 g/mol. The van der Waals surface area contributed by atoms with Crippen molar-refractivity contribution < 1.29 is 9.90 Å². The van der Waals surface area contributed by atoms with Crippen LogP contribution in [0.4, 0.5) is 0 Å². The molecule has 1 aromatic carbocycles. The van der Waals surface area contributed by atoms with Gasteiger partial charge in [0.1, 0.15) is 0 Å². The van der Waals surface area contributed by atoms with Crippen molar-refractivity contribution >= 4 is 29.1 Å². The second-order valence-electron chi connectivity index (χ2n) is 4.38. The lowest BCUT2D eigenvalue weighted by Gasteiger charge is -2.36. The largest absolute Gasteiger partial charge is 0.388 e. The van der Waals surface area contributed by atoms with E-state index in [1.54, 1.807) is 12.1 Å². The molecule has 1 fully saturated rings. The van der Waals surface area contributed by atoms with Gasteiger partial charge in [0.2, 0.25) is 0 Å². The van der Waals surface area contributed by atoms with Crippen LogP contribution in [-0.2, 0) is 0 Å². The van der Waals surface area contributed by atoms with Crippen LogP contribution < -0.4 is 5.32 Å². The molecule has 0 aromatic heterocycles. The van der Waals surface area contributed by atoms with Gasteiger partial charge in [0.15, 0.2) is 0 Å². The van der Waals surface area contributed by atoms with E-state index in [-0.39, 0.29) is 12.5 Å². The lowest BCUT2D eigenvalue weighted by Crippen LogP contribution is -2.47. The number of carbonyl (C=O) groups is 1. The van der Waals surface area contributed by atoms with E-state index in [1.165, 1.54) is 6.07 Å². The quantitative estimate of drug-likeness (QED) is 0.890. The van der Waals surface area contributed by atoms with Gasteiger partial charge >= 0.3 is 0 Å². The van der Waals surface area contributed by atoms with Crippen LogP contribution in [-0.4, -0.2) is 23.2 Å². The molecule has 0 aliphatic heterocycles. The number of amides is 1. The minimum atomic E-state index is -0.735. The number of rotatable bonds is 3. The average Bonchev–Trinajstić information content (AvgIpc) is 2.26. The van der Waals surface area contributed by atoms with Crippen molar-refractivity contribution in [3.05, 3.63) is 33.8 Å². The highest BCUT2D eigenvalue weighted by molar-refractivity contribution is 6.35. The van der Waals surface area contributed by atoms with Gasteiger partial charge in [0, 0.05) is 11.6 Å². The normalized spacial score (nSPS) is 17.4. The Morgan fingerprint density at radius 3 is 2.71 bits per heavy atom. The molecule has 2 rings (SSSR count). The molecular weight excluding hydrogens is 261 g/mol. The third kappa shape index (κ3) is 2.92. The number of carbonyl (C=O) groups excluding carboxylic acids is 1. The molecule has 17 heavy (non-hydrogen) atoms. The van der Waals surface area contributed by atoms with Gasteiger partial charge in [0.25, 0.3) is 5.91 Å². The molecule has 3 nitrogen and oxygen atoms in total. The summed E-state index contributed by atoms with van der Waals surface area (Å²) in [5, 5.41) is 13.3. The fourth-order valence-electron chi connectivity index (χ4n) is 1.77. The van der Waals surface area contributed by atoms with Crippen LogP contribution in [0.25, 0.3) is 0 Å². The summed E-state index contributed by atoms with van der Waals surface area (Å²) >= 11 is 11.7. The van der Waals surface area contributed by atoms with Crippen molar-refractivity contribution in [3.8, 4) is 0 Å². The van der Waals surface area contributed by atoms with E-state index in [0.29, 0.717) is 15.6 Å². The highest BCUT2D eigenvalue weighted by Crippen LogP contribution is 2.30. The van der Waals surface area contributed by atoms with Crippen LogP contribution in [0.5, 0.6) is 0 Å². The number of benzene rings is 1. The third-order valence-corrected chi connectivity index (χ3v) is 3.60. The Kier molecular flexibility index (Phi) is 3.61. The summed E-state index contributed by atoms with van der Waals surface area (Å²) in [7, 11) is 0. The smallest absolute Gasteiger partial charge is 0.252 e. The summed E-state index contributed by atoms with van der Waals surface area (Å²) < 4.78 is 0. The van der Waals surface area contributed by atoms with E-state index in [2.05, 4.69) is 5.32 Å². The molecule has 0 spiro atoms. The first-order valence-corrected chi connectivity index (χ1v) is 6.21. The van der Waals surface area contributed by atoms with Crippen molar-refractivity contribution in [1.82, 2.24) is 5.32 Å². The maximum atomic E-state index is 11.8. The Morgan fingerprint density at radius 1 is 1.41 bits per heavy atom. The van der Waals surface area contributed by atoms with Gasteiger partial charge in [-0.3, -0.25) is 4.79 Å². The Balaban J connectivity index is 2.01. The molecule has 1 aliphatic carbocycles. The number of nitrogens with one attached hydrogen (secondary N) is 1. The van der Waals surface area contributed by atoms with Crippen molar-refractivity contribution in [2.24, 2.45) is 0 Å². The topological polar surface area (TPSA) is 49.3 Å². The van der Waals surface area contributed by atoms with Crippen LogP contribution >= 0.6 is 23.2 Å². The van der Waals surface area contributed by atoms with Crippen LogP contribution in [0.15, 0.2) is 18.2 Å². The van der Waals surface area contributed by atoms with Gasteiger partial charge in [-0.1, -0.05) is 23.2 Å². The van der Waals surface area contributed by atoms with E-state index in [1.807, 2.05) is 0 Å². The standard InChI is InChI=1S/C12H13Cl2NO2/c13-8-2-3-10(14)9(6-8)11(16)15-7-12(17)4-1-5-12/h2-3,6,17H,1,4-5,7H2,(H,15,16). The zero-order chi connectivity index (χ0) is 12.5. The number of hydrogen-bond donors (Lipinski definition) is 2. The van der Waals surface area contributed by atoms with Crippen LogP contribution in [0, 0.1) is 0 Å². The van der Waals surface area contributed by atoms with E-state index in [9.17, 15) is 9.90 Å². The minimum absolute atomic E-state index is 0.259. The van der Waals surface area contributed by atoms with Crippen LogP contribution in [0.3, 0.4) is 0 Å². The molecule has 1 saturated carbocycles. The highest BCUT2D eigenvalue weighted by Gasteiger charge is 2.34. The van der Waals surface area contributed by atoms with Crippen LogP contribution in [0.2, 0.25) is 10.0 Å². The first-order valence-electron chi connectivity index (χ1n) is 5.46. The van der Waals surface area contributed by atoms with Crippen molar-refractivity contribution in [2.45, 2.75) is 24.9 Å². The Hall–Kier alpha value is -0.770. The number of halogens is 2. The third-order valence-electron chi connectivity index (χ3n) is 3.04. The molecule has 0 atom stereocenters. The maximum Gasteiger partial charge on any atom is 0.252 e. The summed E-state index contributed by atoms with van der Waals surface area (Å²) in [6, 6.07) is 4.72. The lowest BCUT2D eigenvalue weighted by molar-refractivity contribution is -0.0300. The average molecular weight is 274 g/mol. The molecule has 0 radical (unpaired) electrons. The fourth-order valence-corrected chi connectivity index (χ4v) is 2.15. The summed E-state index contributed by atoms with van der Waals surface area (Å²) in [5.74, 6) is -0.308. The van der Waals surface area contributed by atoms with E-state index in [0.717, 1.165) is 19.3 Å². The molecule has 0 heterocycles. The molecule has 1 aliphatic rings. The minimum Gasteiger partial charge on any atom is -0.388 e. The number of hydrogen-bond acceptors (Lipinski definition) is 2. The van der Waals surface area contributed by atoms with Gasteiger partial charge in [-0.2, -0.15) is 0 Å².